The van der Waals surface area contributed by atoms with E-state index in [-0.39, 0.29) is 11.0 Å². The minimum atomic E-state index is 0. The molecular formula is C3H10O3. The fourth-order valence-corrected chi connectivity index (χ4v) is 0.0962. The topological polar surface area (TPSA) is 75.5 Å². The van der Waals surface area contributed by atoms with Gasteiger partial charge in [0.25, 0.3) is 0 Å². The van der Waals surface area contributed by atoms with Gasteiger partial charge in [0.2, 0.25) is 0 Å². The molecule has 0 bridgehead atoms. The van der Waals surface area contributed by atoms with Gasteiger partial charge in [-0.05, 0) is 6.92 Å². The van der Waals surface area contributed by atoms with Gasteiger partial charge in [-0.15, -0.1) is 0 Å². The molecule has 4 N–H and O–H groups in total. The van der Waals surface area contributed by atoms with Crippen LogP contribution in [0.2, 0.25) is 0 Å². The van der Waals surface area contributed by atoms with Crippen LogP contribution in [0, 0.1) is 0 Å². The van der Waals surface area contributed by atoms with Gasteiger partial charge in [-0.25, -0.2) is 0 Å². The van der Waals surface area contributed by atoms with Crippen molar-refractivity contribution in [2.75, 3.05) is 6.61 Å². The standard InChI is InChI=1S/C3H6O.2H2O/c1-3-2-4-3;;/h3H,2H2,1H3;2*1H2. The van der Waals surface area contributed by atoms with Crippen LogP contribution in [0.5, 0.6) is 0 Å². The van der Waals surface area contributed by atoms with Crippen molar-refractivity contribution in [1.29, 1.82) is 0 Å². The number of hydrogen-bond acceptors (Lipinski definition) is 1. The SMILES string of the molecule is CC1CO1.O.O. The molecule has 0 aromatic carbocycles. The number of hydrogen-bond donors (Lipinski definition) is 0. The minimum absolute atomic E-state index is 0. The Labute approximate surface area is 36.5 Å². The van der Waals surface area contributed by atoms with Gasteiger partial charge in [0.05, 0.1) is 12.7 Å². The molecule has 1 rings (SSSR count). The quantitative estimate of drug-likeness (QED) is 0.346. The zero-order chi connectivity index (χ0) is 2.99. The minimum Gasteiger partial charge on any atom is -0.412 e. The van der Waals surface area contributed by atoms with E-state index in [1.54, 1.807) is 0 Å². The van der Waals surface area contributed by atoms with Crippen molar-refractivity contribution >= 4 is 0 Å². The lowest BCUT2D eigenvalue weighted by molar-refractivity contribution is 0.423. The summed E-state index contributed by atoms with van der Waals surface area (Å²) in [6.07, 6.45) is 0.583. The molecule has 3 nitrogen and oxygen atoms in total. The van der Waals surface area contributed by atoms with Gasteiger partial charge in [-0.1, -0.05) is 0 Å². The Morgan fingerprint density at radius 1 is 1.50 bits per heavy atom. The maximum Gasteiger partial charge on any atom is 0.0781 e. The fourth-order valence-electron chi connectivity index (χ4n) is 0.0962. The average Bonchev–Trinajstić information content (AvgIpc) is 1.75. The Morgan fingerprint density at radius 3 is 1.67 bits per heavy atom. The molecule has 0 aromatic rings. The molecule has 0 saturated carbocycles. The first kappa shape index (κ1) is 9.30. The first-order valence-electron chi connectivity index (χ1n) is 1.51. The van der Waals surface area contributed by atoms with Gasteiger partial charge in [-0.3, -0.25) is 0 Å². The second kappa shape index (κ2) is 3.08. The molecule has 0 amide bonds. The van der Waals surface area contributed by atoms with E-state index in [0.29, 0.717) is 6.10 Å². The van der Waals surface area contributed by atoms with E-state index in [9.17, 15) is 0 Å². The van der Waals surface area contributed by atoms with E-state index in [1.807, 2.05) is 0 Å². The molecule has 40 valence electrons. The molecule has 0 spiro atoms. The summed E-state index contributed by atoms with van der Waals surface area (Å²) < 4.78 is 4.71. The smallest absolute Gasteiger partial charge is 0.0781 e. The van der Waals surface area contributed by atoms with Crippen molar-refractivity contribution in [1.82, 2.24) is 0 Å². The first-order chi connectivity index (χ1) is 1.89. The third kappa shape index (κ3) is 3.88. The summed E-state index contributed by atoms with van der Waals surface area (Å²) in [5.41, 5.74) is 0. The van der Waals surface area contributed by atoms with Crippen LogP contribution in [0.4, 0.5) is 0 Å². The summed E-state index contributed by atoms with van der Waals surface area (Å²) in [5.74, 6) is 0. The van der Waals surface area contributed by atoms with Crippen LogP contribution in [0.15, 0.2) is 0 Å². The largest absolute Gasteiger partial charge is 0.412 e. The average molecular weight is 94.1 g/mol. The lowest BCUT2D eigenvalue weighted by Gasteiger charge is -1.50. The molecule has 1 saturated heterocycles. The lowest BCUT2D eigenvalue weighted by Crippen LogP contribution is -1.60. The zero-order valence-corrected chi connectivity index (χ0v) is 3.69. The molecule has 0 aromatic heterocycles. The Kier molecular flexibility index (Phi) is 4.78. The second-order valence-corrected chi connectivity index (χ2v) is 1.14. The van der Waals surface area contributed by atoms with Crippen LogP contribution in [0.25, 0.3) is 0 Å². The van der Waals surface area contributed by atoms with Crippen LogP contribution in [0.3, 0.4) is 0 Å². The van der Waals surface area contributed by atoms with E-state index >= 15 is 0 Å². The predicted octanol–water partition coefficient (Wildman–Crippen LogP) is -1.24. The Balaban J connectivity index is 0. The summed E-state index contributed by atoms with van der Waals surface area (Å²) in [7, 11) is 0. The molecule has 0 aliphatic carbocycles. The highest BCUT2D eigenvalue weighted by Gasteiger charge is 2.13. The Bertz CT molecular complexity index is 25.2. The highest BCUT2D eigenvalue weighted by Crippen LogP contribution is 2.04. The highest BCUT2D eigenvalue weighted by atomic mass is 16.6. The van der Waals surface area contributed by atoms with E-state index in [4.69, 9.17) is 4.74 Å². The fraction of sp³-hybridized carbons (Fsp3) is 1.00. The third-order valence-electron chi connectivity index (χ3n) is 0.500. The molecule has 1 unspecified atom stereocenters. The number of ether oxygens (including phenoxy) is 1. The van der Waals surface area contributed by atoms with Crippen LogP contribution in [-0.2, 0) is 4.74 Å². The van der Waals surface area contributed by atoms with Crippen LogP contribution < -0.4 is 0 Å². The van der Waals surface area contributed by atoms with E-state index < -0.39 is 0 Å². The maximum absolute atomic E-state index is 4.71. The van der Waals surface area contributed by atoms with Gasteiger partial charge in [0, 0.05) is 0 Å². The molecule has 1 fully saturated rings. The van der Waals surface area contributed by atoms with Crippen molar-refractivity contribution in [3.8, 4) is 0 Å². The molecule has 1 aliphatic rings. The van der Waals surface area contributed by atoms with Gasteiger partial charge in [0.1, 0.15) is 0 Å². The van der Waals surface area contributed by atoms with Gasteiger partial charge >= 0.3 is 0 Å². The second-order valence-electron chi connectivity index (χ2n) is 1.14. The Hall–Kier alpha value is -0.120. The summed E-state index contributed by atoms with van der Waals surface area (Å²) in [4.78, 5) is 0. The molecule has 1 atom stereocenters. The third-order valence-corrected chi connectivity index (χ3v) is 0.500. The summed E-state index contributed by atoms with van der Waals surface area (Å²) >= 11 is 0. The lowest BCUT2D eigenvalue weighted by atomic mass is 10.6. The van der Waals surface area contributed by atoms with Gasteiger partial charge < -0.3 is 15.7 Å². The first-order valence-corrected chi connectivity index (χ1v) is 1.51. The van der Waals surface area contributed by atoms with E-state index in [2.05, 4.69) is 6.92 Å². The molecular weight excluding hydrogens is 84.0 g/mol. The number of rotatable bonds is 0. The summed E-state index contributed by atoms with van der Waals surface area (Å²) in [6.45, 7) is 3.04. The van der Waals surface area contributed by atoms with Crippen LogP contribution in [-0.4, -0.2) is 23.7 Å². The predicted molar refractivity (Wildman–Crippen MR) is 22.6 cm³/mol. The van der Waals surface area contributed by atoms with Crippen molar-refractivity contribution in [2.24, 2.45) is 0 Å². The summed E-state index contributed by atoms with van der Waals surface area (Å²) in [6, 6.07) is 0. The van der Waals surface area contributed by atoms with Crippen molar-refractivity contribution in [3.05, 3.63) is 0 Å². The summed E-state index contributed by atoms with van der Waals surface area (Å²) in [5, 5.41) is 0. The van der Waals surface area contributed by atoms with Crippen LogP contribution >= 0.6 is 0 Å². The van der Waals surface area contributed by atoms with Gasteiger partial charge in [0.15, 0.2) is 0 Å². The molecule has 3 heteroatoms. The van der Waals surface area contributed by atoms with E-state index in [0.717, 1.165) is 6.61 Å². The van der Waals surface area contributed by atoms with Crippen LogP contribution in [0.1, 0.15) is 6.92 Å². The Morgan fingerprint density at radius 2 is 1.67 bits per heavy atom. The highest BCUT2D eigenvalue weighted by molar-refractivity contribution is 4.58. The maximum atomic E-state index is 4.71. The van der Waals surface area contributed by atoms with Gasteiger partial charge in [-0.2, -0.15) is 0 Å². The van der Waals surface area contributed by atoms with Crippen molar-refractivity contribution in [3.63, 3.8) is 0 Å². The van der Waals surface area contributed by atoms with Crippen molar-refractivity contribution < 1.29 is 15.7 Å². The molecule has 0 radical (unpaired) electrons. The van der Waals surface area contributed by atoms with E-state index in [1.165, 1.54) is 0 Å². The zero-order valence-electron chi connectivity index (χ0n) is 3.69. The van der Waals surface area contributed by atoms with Crippen molar-refractivity contribution in [2.45, 2.75) is 13.0 Å². The molecule has 1 aliphatic heterocycles. The monoisotopic (exact) mass is 94.1 g/mol. The number of epoxide rings is 1. The molecule has 6 heavy (non-hydrogen) atoms. The normalized spacial score (nSPS) is 26.5. The molecule has 1 heterocycles.